The van der Waals surface area contributed by atoms with Gasteiger partial charge in [0.2, 0.25) is 0 Å². The van der Waals surface area contributed by atoms with E-state index < -0.39 is 11.6 Å². The van der Waals surface area contributed by atoms with E-state index in [-0.39, 0.29) is 22.8 Å². The Balaban J connectivity index is 1.67. The average Bonchev–Trinajstić information content (AvgIpc) is 3.10. The monoisotopic (exact) mass is 421 g/mol. The van der Waals surface area contributed by atoms with Crippen LogP contribution in [0.5, 0.6) is 0 Å². The number of thioether (sulfide) groups is 1. The Morgan fingerprint density at radius 1 is 1.14 bits per heavy atom. The molecule has 0 aliphatic carbocycles. The molecule has 3 aromatic rings. The van der Waals surface area contributed by atoms with Gasteiger partial charge in [0.25, 0.3) is 0 Å². The minimum absolute atomic E-state index is 0.0309. The van der Waals surface area contributed by atoms with Crippen molar-refractivity contribution in [1.82, 2.24) is 14.9 Å². The number of ether oxygens (including phenoxy) is 1. The number of imidazole rings is 1. The Kier molecular flexibility index (Phi) is 5.85. The first-order chi connectivity index (χ1) is 13.9. The number of piperidine rings is 1. The predicted octanol–water partition coefficient (Wildman–Crippen LogP) is 5.38. The Labute approximate surface area is 171 Å². The molecule has 0 amide bonds. The number of alkyl halides is 3. The van der Waals surface area contributed by atoms with Crippen LogP contribution in [-0.4, -0.2) is 46.6 Å². The predicted molar refractivity (Wildman–Crippen MR) is 108 cm³/mol. The van der Waals surface area contributed by atoms with Crippen molar-refractivity contribution in [3.63, 3.8) is 0 Å². The highest BCUT2D eigenvalue weighted by molar-refractivity contribution is 8.00. The minimum Gasteiger partial charge on any atom is -0.362 e. The van der Waals surface area contributed by atoms with Gasteiger partial charge < -0.3 is 14.6 Å². The van der Waals surface area contributed by atoms with Crippen molar-refractivity contribution >= 4 is 22.8 Å². The van der Waals surface area contributed by atoms with E-state index in [1.807, 2.05) is 24.3 Å². The van der Waals surface area contributed by atoms with Crippen molar-refractivity contribution in [3.05, 3.63) is 59.9 Å². The van der Waals surface area contributed by atoms with E-state index in [1.54, 1.807) is 18.2 Å². The van der Waals surface area contributed by atoms with Crippen molar-refractivity contribution in [2.45, 2.75) is 35.5 Å². The lowest BCUT2D eigenvalue weighted by molar-refractivity contribution is -0.0329. The third-order valence-corrected chi connectivity index (χ3v) is 5.77. The third-order valence-electron chi connectivity index (χ3n) is 5.04. The summed E-state index contributed by atoms with van der Waals surface area (Å²) in [7, 11) is 2.07. The summed E-state index contributed by atoms with van der Waals surface area (Å²) >= 11 is -0.114. The van der Waals surface area contributed by atoms with Crippen LogP contribution in [0.25, 0.3) is 11.0 Å². The first kappa shape index (κ1) is 20.3. The van der Waals surface area contributed by atoms with E-state index in [1.165, 1.54) is 6.07 Å². The lowest BCUT2D eigenvalue weighted by atomic mass is 10.1. The molecule has 0 radical (unpaired) electrons. The second-order valence-corrected chi connectivity index (χ2v) is 8.42. The number of likely N-dealkylation sites (tertiary alicyclic amines) is 1. The number of hydrogen-bond acceptors (Lipinski definition) is 4. The van der Waals surface area contributed by atoms with E-state index in [0.29, 0.717) is 11.4 Å². The number of rotatable bonds is 5. The summed E-state index contributed by atoms with van der Waals surface area (Å²) in [5.41, 5.74) is -1.99. The Bertz CT molecular complexity index is 934. The molecule has 2 heterocycles. The van der Waals surface area contributed by atoms with Crippen molar-refractivity contribution in [2.75, 3.05) is 20.1 Å². The van der Waals surface area contributed by atoms with Gasteiger partial charge >= 0.3 is 5.51 Å². The molecule has 8 heteroatoms. The average molecular weight is 421 g/mol. The van der Waals surface area contributed by atoms with Crippen LogP contribution in [0.1, 0.15) is 30.3 Å². The van der Waals surface area contributed by atoms with Crippen LogP contribution < -0.4 is 0 Å². The molecule has 0 spiro atoms. The highest BCUT2D eigenvalue weighted by atomic mass is 32.2. The summed E-state index contributed by atoms with van der Waals surface area (Å²) in [6.45, 7) is 1.86. The van der Waals surface area contributed by atoms with Gasteiger partial charge in [-0.25, -0.2) is 4.98 Å². The SMILES string of the molecule is CN1CCC(OC(c2cccc(SC(F)(F)F)c2)c2nc3ccccc3[nH]2)CC1. The van der Waals surface area contributed by atoms with E-state index >= 15 is 0 Å². The number of nitrogens with zero attached hydrogens (tertiary/aromatic N) is 2. The smallest absolute Gasteiger partial charge is 0.362 e. The number of para-hydroxylation sites is 2. The summed E-state index contributed by atoms with van der Waals surface area (Å²) in [6, 6.07) is 14.1. The van der Waals surface area contributed by atoms with Gasteiger partial charge in [-0.3, -0.25) is 0 Å². The molecule has 4 nitrogen and oxygen atoms in total. The molecular formula is C21H22F3N3OS. The quantitative estimate of drug-likeness (QED) is 0.562. The molecule has 1 N–H and O–H groups in total. The van der Waals surface area contributed by atoms with E-state index in [0.717, 1.165) is 37.0 Å². The van der Waals surface area contributed by atoms with Gasteiger partial charge in [0.15, 0.2) is 0 Å². The van der Waals surface area contributed by atoms with Crippen LogP contribution in [0.2, 0.25) is 0 Å². The molecule has 154 valence electrons. The molecule has 1 aromatic heterocycles. The number of fused-ring (bicyclic) bond motifs is 1. The largest absolute Gasteiger partial charge is 0.446 e. The van der Waals surface area contributed by atoms with Crippen molar-refractivity contribution in [1.29, 1.82) is 0 Å². The fourth-order valence-electron chi connectivity index (χ4n) is 3.59. The number of hydrogen-bond donors (Lipinski definition) is 1. The number of aromatic nitrogens is 2. The molecule has 0 saturated carbocycles. The summed E-state index contributed by atoms with van der Waals surface area (Å²) in [5, 5.41) is 0. The zero-order valence-electron chi connectivity index (χ0n) is 15.9. The highest BCUT2D eigenvalue weighted by Crippen LogP contribution is 2.39. The molecule has 29 heavy (non-hydrogen) atoms. The molecular weight excluding hydrogens is 399 g/mol. The number of H-pyrrole nitrogens is 1. The van der Waals surface area contributed by atoms with Crippen LogP contribution in [0, 0.1) is 0 Å². The van der Waals surface area contributed by atoms with Crippen LogP contribution in [0.3, 0.4) is 0 Å². The molecule has 4 rings (SSSR count). The molecule has 1 unspecified atom stereocenters. The molecule has 0 bridgehead atoms. The fourth-order valence-corrected chi connectivity index (χ4v) is 4.19. The van der Waals surface area contributed by atoms with E-state index in [9.17, 15) is 13.2 Å². The van der Waals surface area contributed by atoms with Crippen LogP contribution in [0.4, 0.5) is 13.2 Å². The van der Waals surface area contributed by atoms with Gasteiger partial charge in [-0.05, 0) is 61.5 Å². The fraction of sp³-hybridized carbons (Fsp3) is 0.381. The number of aromatic amines is 1. The lowest BCUT2D eigenvalue weighted by Gasteiger charge is -2.31. The minimum atomic E-state index is -4.33. The van der Waals surface area contributed by atoms with Gasteiger partial charge in [0.05, 0.1) is 17.1 Å². The maximum absolute atomic E-state index is 12.9. The first-order valence-electron chi connectivity index (χ1n) is 9.52. The first-order valence-corrected chi connectivity index (χ1v) is 10.3. The van der Waals surface area contributed by atoms with Crippen LogP contribution >= 0.6 is 11.8 Å². The zero-order chi connectivity index (χ0) is 20.4. The Morgan fingerprint density at radius 2 is 1.90 bits per heavy atom. The van der Waals surface area contributed by atoms with Gasteiger partial charge in [0.1, 0.15) is 11.9 Å². The van der Waals surface area contributed by atoms with Crippen molar-refractivity contribution in [2.24, 2.45) is 0 Å². The maximum Gasteiger partial charge on any atom is 0.446 e. The normalized spacial score (nSPS) is 17.7. The molecule has 1 fully saturated rings. The summed E-state index contributed by atoms with van der Waals surface area (Å²) in [5.74, 6) is 0.610. The van der Waals surface area contributed by atoms with E-state index in [4.69, 9.17) is 4.74 Å². The van der Waals surface area contributed by atoms with Crippen molar-refractivity contribution in [3.8, 4) is 0 Å². The molecule has 1 aliphatic heterocycles. The maximum atomic E-state index is 12.9. The molecule has 2 aromatic carbocycles. The van der Waals surface area contributed by atoms with Crippen molar-refractivity contribution < 1.29 is 17.9 Å². The number of halogens is 3. The van der Waals surface area contributed by atoms with Gasteiger partial charge in [-0.1, -0.05) is 24.3 Å². The molecule has 1 aliphatic rings. The van der Waals surface area contributed by atoms with Crippen LogP contribution in [-0.2, 0) is 4.74 Å². The Morgan fingerprint density at radius 3 is 2.62 bits per heavy atom. The summed E-state index contributed by atoms with van der Waals surface area (Å²) in [4.78, 5) is 10.3. The second-order valence-electron chi connectivity index (χ2n) is 7.28. The van der Waals surface area contributed by atoms with Gasteiger partial charge in [0, 0.05) is 18.0 Å². The Hall–Kier alpha value is -2.03. The standard InChI is InChI=1S/C21H22F3N3OS/c1-27-11-9-15(10-12-27)28-19(20-25-17-7-2-3-8-18(17)26-20)14-5-4-6-16(13-14)29-21(22,23)24/h2-8,13,15,19H,9-12H2,1H3,(H,25,26). The molecule has 1 atom stereocenters. The summed E-state index contributed by atoms with van der Waals surface area (Å²) < 4.78 is 45.0. The lowest BCUT2D eigenvalue weighted by Crippen LogP contribution is -2.35. The highest BCUT2D eigenvalue weighted by Gasteiger charge is 2.30. The third kappa shape index (κ3) is 5.12. The topological polar surface area (TPSA) is 41.1 Å². The van der Waals surface area contributed by atoms with Gasteiger partial charge in [-0.2, -0.15) is 13.2 Å². The van der Waals surface area contributed by atoms with Crippen LogP contribution in [0.15, 0.2) is 53.4 Å². The zero-order valence-corrected chi connectivity index (χ0v) is 16.8. The second kappa shape index (κ2) is 8.38. The molecule has 1 saturated heterocycles. The van der Waals surface area contributed by atoms with Gasteiger partial charge in [-0.15, -0.1) is 0 Å². The van der Waals surface area contributed by atoms with E-state index in [2.05, 4.69) is 21.9 Å². The number of benzene rings is 2. The number of nitrogens with one attached hydrogen (secondary N) is 1. The summed E-state index contributed by atoms with van der Waals surface area (Å²) in [6.07, 6.45) is 1.24.